The number of nitrogens with zero attached hydrogens (tertiary/aromatic N) is 1. The van der Waals surface area contributed by atoms with Crippen molar-refractivity contribution in [3.63, 3.8) is 0 Å². The molecule has 0 rings (SSSR count). The molecule has 0 unspecified atom stereocenters. The minimum absolute atomic E-state index is 0.0660. The predicted octanol–water partition coefficient (Wildman–Crippen LogP) is 1.81. The van der Waals surface area contributed by atoms with Crippen molar-refractivity contribution in [1.82, 2.24) is 4.90 Å². The van der Waals surface area contributed by atoms with Crippen molar-refractivity contribution in [3.8, 4) is 0 Å². The fourth-order valence-corrected chi connectivity index (χ4v) is 0.583. The highest BCUT2D eigenvalue weighted by molar-refractivity contribution is 5.03. The molecular weight excluding hydrogens is 117 g/mol. The van der Waals surface area contributed by atoms with Gasteiger partial charge in [0.15, 0.2) is 0 Å². The summed E-state index contributed by atoms with van der Waals surface area (Å²) >= 11 is 0. The van der Waals surface area contributed by atoms with E-state index in [0.717, 1.165) is 5.57 Å². The van der Waals surface area contributed by atoms with Crippen molar-refractivity contribution in [1.29, 1.82) is 0 Å². The van der Waals surface area contributed by atoms with Gasteiger partial charge < -0.3 is 4.90 Å². The summed E-state index contributed by atoms with van der Waals surface area (Å²) in [6, 6.07) is 0. The van der Waals surface area contributed by atoms with Gasteiger partial charge in [0.2, 0.25) is 0 Å². The maximum Gasteiger partial charge on any atom is 0.0970 e. The van der Waals surface area contributed by atoms with Crippen molar-refractivity contribution in [3.05, 3.63) is 11.4 Å². The molecule has 0 amide bonds. The predicted molar refractivity (Wildman–Crippen MR) is 38.0 cm³/mol. The molecule has 0 aliphatic rings. The maximum atomic E-state index is 12.3. The molecular formula is C7H14FN. The molecule has 0 N–H and O–H groups in total. The zero-order valence-corrected chi connectivity index (χ0v) is 6.53. The lowest BCUT2D eigenvalue weighted by Gasteiger charge is -2.08. The van der Waals surface area contributed by atoms with Gasteiger partial charge in [-0.25, -0.2) is 4.39 Å². The summed E-state index contributed by atoms with van der Waals surface area (Å²) < 4.78 is 12.3. The van der Waals surface area contributed by atoms with Crippen molar-refractivity contribution in [2.75, 3.05) is 20.6 Å². The van der Waals surface area contributed by atoms with E-state index in [0.29, 0.717) is 6.54 Å². The lowest BCUT2D eigenvalue weighted by atomic mass is 10.3. The standard InChI is InChI=1S/C7H14FN/c1-6(7(2)8)5-9(3)4/h5H2,1-4H3/b7-6+. The van der Waals surface area contributed by atoms with Crippen LogP contribution in [-0.4, -0.2) is 25.5 Å². The quantitative estimate of drug-likeness (QED) is 0.552. The molecule has 0 saturated heterocycles. The number of allylic oxidation sites excluding steroid dienone is 1. The minimum atomic E-state index is -0.0660. The molecule has 2 heteroatoms. The third-order valence-electron chi connectivity index (χ3n) is 1.14. The topological polar surface area (TPSA) is 3.24 Å². The lowest BCUT2D eigenvalue weighted by Crippen LogP contribution is -2.14. The molecule has 0 spiro atoms. The summed E-state index contributed by atoms with van der Waals surface area (Å²) in [6.45, 7) is 4.00. The van der Waals surface area contributed by atoms with E-state index >= 15 is 0 Å². The van der Waals surface area contributed by atoms with Gasteiger partial charge in [0.05, 0.1) is 5.83 Å². The highest BCUT2D eigenvalue weighted by Gasteiger charge is 1.95. The third-order valence-corrected chi connectivity index (χ3v) is 1.14. The number of likely N-dealkylation sites (N-methyl/N-ethyl adjacent to an activating group) is 1. The summed E-state index contributed by atoms with van der Waals surface area (Å²) in [5, 5.41) is 0. The summed E-state index contributed by atoms with van der Waals surface area (Å²) in [6.07, 6.45) is 0. The summed E-state index contributed by atoms with van der Waals surface area (Å²) in [4.78, 5) is 1.94. The van der Waals surface area contributed by atoms with E-state index in [2.05, 4.69) is 0 Å². The van der Waals surface area contributed by atoms with Gasteiger partial charge >= 0.3 is 0 Å². The van der Waals surface area contributed by atoms with Crippen LogP contribution in [0.3, 0.4) is 0 Å². The van der Waals surface area contributed by atoms with Gasteiger partial charge in [0.1, 0.15) is 0 Å². The molecule has 54 valence electrons. The molecule has 0 aliphatic carbocycles. The van der Waals surface area contributed by atoms with Crippen LogP contribution in [0.25, 0.3) is 0 Å². The maximum absolute atomic E-state index is 12.3. The Morgan fingerprint density at radius 3 is 1.89 bits per heavy atom. The Morgan fingerprint density at radius 1 is 1.33 bits per heavy atom. The molecule has 0 heterocycles. The SMILES string of the molecule is C/C(F)=C(/C)CN(C)C. The van der Waals surface area contributed by atoms with E-state index in [1.165, 1.54) is 6.92 Å². The highest BCUT2D eigenvalue weighted by Crippen LogP contribution is 2.03. The van der Waals surface area contributed by atoms with Crippen molar-refractivity contribution in [2.45, 2.75) is 13.8 Å². The van der Waals surface area contributed by atoms with Crippen LogP contribution in [0.5, 0.6) is 0 Å². The van der Waals surface area contributed by atoms with Crippen LogP contribution in [0, 0.1) is 0 Å². The molecule has 0 aromatic carbocycles. The smallest absolute Gasteiger partial charge is 0.0970 e. The average molecular weight is 131 g/mol. The van der Waals surface area contributed by atoms with Gasteiger partial charge in [-0.2, -0.15) is 0 Å². The number of halogens is 1. The van der Waals surface area contributed by atoms with E-state index < -0.39 is 0 Å². The second-order valence-electron chi connectivity index (χ2n) is 2.55. The Bertz CT molecular complexity index is 112. The van der Waals surface area contributed by atoms with Gasteiger partial charge in [-0.15, -0.1) is 0 Å². The van der Waals surface area contributed by atoms with Gasteiger partial charge in [-0.05, 0) is 33.5 Å². The Kier molecular flexibility index (Phi) is 3.47. The fourth-order valence-electron chi connectivity index (χ4n) is 0.583. The van der Waals surface area contributed by atoms with Crippen molar-refractivity contribution < 1.29 is 4.39 Å². The van der Waals surface area contributed by atoms with E-state index in [1.807, 2.05) is 19.0 Å². The third kappa shape index (κ3) is 4.15. The zero-order chi connectivity index (χ0) is 7.44. The van der Waals surface area contributed by atoms with Crippen LogP contribution in [0.1, 0.15) is 13.8 Å². The fraction of sp³-hybridized carbons (Fsp3) is 0.714. The van der Waals surface area contributed by atoms with Gasteiger partial charge in [-0.1, -0.05) is 0 Å². The van der Waals surface area contributed by atoms with E-state index in [-0.39, 0.29) is 5.83 Å². The van der Waals surface area contributed by atoms with E-state index in [4.69, 9.17) is 0 Å². The van der Waals surface area contributed by atoms with Crippen LogP contribution in [0.2, 0.25) is 0 Å². The second-order valence-corrected chi connectivity index (χ2v) is 2.55. The van der Waals surface area contributed by atoms with Crippen LogP contribution >= 0.6 is 0 Å². The van der Waals surface area contributed by atoms with Crippen LogP contribution in [0.15, 0.2) is 11.4 Å². The summed E-state index contributed by atoms with van der Waals surface area (Å²) in [5.41, 5.74) is 0.806. The average Bonchev–Trinajstić information content (AvgIpc) is 1.63. The first-order valence-electron chi connectivity index (χ1n) is 3.00. The Balaban J connectivity index is 3.77. The monoisotopic (exact) mass is 131 g/mol. The molecule has 0 radical (unpaired) electrons. The summed E-state index contributed by atoms with van der Waals surface area (Å²) in [5.74, 6) is -0.0660. The van der Waals surface area contributed by atoms with Gasteiger partial charge in [0.25, 0.3) is 0 Å². The minimum Gasteiger partial charge on any atom is -0.305 e. The van der Waals surface area contributed by atoms with Crippen molar-refractivity contribution in [2.24, 2.45) is 0 Å². The van der Waals surface area contributed by atoms with Crippen LogP contribution in [0.4, 0.5) is 4.39 Å². The number of rotatable bonds is 2. The molecule has 1 nitrogen and oxygen atoms in total. The molecule has 9 heavy (non-hydrogen) atoms. The molecule has 0 aromatic heterocycles. The number of hydrogen-bond donors (Lipinski definition) is 0. The molecule has 0 atom stereocenters. The Morgan fingerprint density at radius 2 is 1.78 bits per heavy atom. The van der Waals surface area contributed by atoms with Crippen LogP contribution in [-0.2, 0) is 0 Å². The lowest BCUT2D eigenvalue weighted by molar-refractivity contribution is 0.436. The first kappa shape index (κ1) is 8.63. The Labute approximate surface area is 56.2 Å². The molecule has 0 fully saturated rings. The summed E-state index contributed by atoms with van der Waals surface area (Å²) in [7, 11) is 3.85. The first-order valence-corrected chi connectivity index (χ1v) is 3.00. The van der Waals surface area contributed by atoms with Crippen LogP contribution < -0.4 is 0 Å². The van der Waals surface area contributed by atoms with E-state index in [1.54, 1.807) is 6.92 Å². The van der Waals surface area contributed by atoms with Gasteiger partial charge in [0, 0.05) is 6.54 Å². The Hall–Kier alpha value is -0.370. The van der Waals surface area contributed by atoms with E-state index in [9.17, 15) is 4.39 Å². The molecule has 0 aromatic rings. The molecule has 0 saturated carbocycles. The molecule has 0 aliphatic heterocycles. The largest absolute Gasteiger partial charge is 0.305 e. The first-order chi connectivity index (χ1) is 4.04. The zero-order valence-electron chi connectivity index (χ0n) is 6.53. The van der Waals surface area contributed by atoms with Gasteiger partial charge in [-0.3, -0.25) is 0 Å². The second kappa shape index (κ2) is 3.62. The number of hydrogen-bond acceptors (Lipinski definition) is 1. The normalized spacial score (nSPS) is 14.0. The van der Waals surface area contributed by atoms with Crippen molar-refractivity contribution >= 4 is 0 Å². The molecule has 0 bridgehead atoms. The highest BCUT2D eigenvalue weighted by atomic mass is 19.1.